The molecule has 0 spiro atoms. The van der Waals surface area contributed by atoms with Crippen molar-refractivity contribution in [1.29, 1.82) is 0 Å². The Morgan fingerprint density at radius 2 is 1.31 bits per heavy atom. The second-order valence-corrected chi connectivity index (χ2v) is 13.7. The number of carbonyl (C=O) groups is 2. The Morgan fingerprint density at radius 1 is 0.686 bits per heavy atom. The number of hydrogen-bond acceptors (Lipinski definition) is 9. The third-order valence-electron chi connectivity index (χ3n) is 8.07. The van der Waals surface area contributed by atoms with Gasteiger partial charge in [-0.1, -0.05) is 42.5 Å². The summed E-state index contributed by atoms with van der Waals surface area (Å²) in [5, 5.41) is 2.95. The summed E-state index contributed by atoms with van der Waals surface area (Å²) >= 11 is 0. The molecule has 4 aromatic rings. The first-order chi connectivity index (χ1) is 24.4. The van der Waals surface area contributed by atoms with Gasteiger partial charge >= 0.3 is 0 Å². The predicted octanol–water partition coefficient (Wildman–Crippen LogP) is 5.09. The smallest absolute Gasteiger partial charge is 0.265 e. The normalized spacial score (nSPS) is 11.7. The fourth-order valence-electron chi connectivity index (χ4n) is 5.51. The molecule has 0 saturated heterocycles. The number of methoxy groups -OCH3 is 5. The maximum absolute atomic E-state index is 14.9. The van der Waals surface area contributed by atoms with Crippen molar-refractivity contribution < 1.29 is 41.7 Å². The van der Waals surface area contributed by atoms with Gasteiger partial charge in [0.15, 0.2) is 11.5 Å². The molecular weight excluding hydrogens is 674 g/mol. The molecule has 0 heterocycles. The standard InChI is InChI=1S/C38H45N3O9S/c1-26(2)39-38(43)33(21-27-12-9-8-10-13-27)40(24-28-14-11-15-29(20-28)46-3)37(42)25-41(32-22-30(47-4)16-18-34(32)48-5)51(44,45)31-17-19-35(49-6)36(23-31)50-7/h8-20,22-23,26,33H,21,24-25H2,1-7H3,(H,39,43)/t33-/m1/s1. The minimum atomic E-state index is -4.51. The molecule has 0 radical (unpaired) electrons. The lowest BCUT2D eigenvalue weighted by Crippen LogP contribution is -2.54. The molecule has 51 heavy (non-hydrogen) atoms. The van der Waals surface area contributed by atoms with Gasteiger partial charge in [0.2, 0.25) is 11.8 Å². The number of hydrogen-bond donors (Lipinski definition) is 1. The van der Waals surface area contributed by atoms with Gasteiger partial charge in [-0.3, -0.25) is 13.9 Å². The maximum Gasteiger partial charge on any atom is 0.265 e. The van der Waals surface area contributed by atoms with Crippen molar-refractivity contribution >= 4 is 27.5 Å². The Morgan fingerprint density at radius 3 is 1.94 bits per heavy atom. The van der Waals surface area contributed by atoms with Gasteiger partial charge in [-0.25, -0.2) is 8.42 Å². The van der Waals surface area contributed by atoms with E-state index < -0.39 is 34.4 Å². The second-order valence-electron chi connectivity index (χ2n) is 11.8. The van der Waals surface area contributed by atoms with Crippen LogP contribution in [0.25, 0.3) is 0 Å². The van der Waals surface area contributed by atoms with E-state index in [-0.39, 0.29) is 41.1 Å². The van der Waals surface area contributed by atoms with Crippen molar-refractivity contribution in [2.75, 3.05) is 46.4 Å². The minimum Gasteiger partial charge on any atom is -0.497 e. The van der Waals surface area contributed by atoms with Crippen molar-refractivity contribution in [3.8, 4) is 28.7 Å². The van der Waals surface area contributed by atoms with Gasteiger partial charge in [0.25, 0.3) is 10.0 Å². The van der Waals surface area contributed by atoms with Crippen LogP contribution in [-0.2, 0) is 32.6 Å². The zero-order chi connectivity index (χ0) is 37.1. The summed E-state index contributed by atoms with van der Waals surface area (Å²) in [4.78, 5) is 30.1. The molecule has 0 aromatic heterocycles. The Balaban J connectivity index is 1.91. The Labute approximate surface area is 299 Å². The lowest BCUT2D eigenvalue weighted by atomic mass is 10.0. The van der Waals surface area contributed by atoms with Crippen molar-refractivity contribution in [2.24, 2.45) is 0 Å². The first-order valence-electron chi connectivity index (χ1n) is 16.2. The molecule has 1 N–H and O–H groups in total. The number of nitrogens with zero attached hydrogens (tertiary/aromatic N) is 2. The SMILES string of the molecule is COc1cccc(CN(C(=O)CN(c2cc(OC)ccc2OC)S(=O)(=O)c2ccc(OC)c(OC)c2)[C@H](Cc2ccccc2)C(=O)NC(C)C)c1. The number of benzene rings is 4. The molecule has 2 amide bonds. The molecule has 4 rings (SSSR count). The van der Waals surface area contributed by atoms with Gasteiger partial charge in [0.1, 0.15) is 29.8 Å². The van der Waals surface area contributed by atoms with E-state index in [0.717, 1.165) is 9.87 Å². The van der Waals surface area contributed by atoms with Gasteiger partial charge in [-0.2, -0.15) is 0 Å². The number of nitrogens with one attached hydrogen (secondary N) is 1. The summed E-state index contributed by atoms with van der Waals surface area (Å²) in [6, 6.07) is 24.0. The average Bonchev–Trinajstić information content (AvgIpc) is 3.14. The lowest BCUT2D eigenvalue weighted by Gasteiger charge is -2.34. The number of amides is 2. The van der Waals surface area contributed by atoms with Crippen molar-refractivity contribution in [2.45, 2.75) is 43.8 Å². The van der Waals surface area contributed by atoms with Gasteiger partial charge in [0, 0.05) is 31.1 Å². The molecule has 0 aliphatic heterocycles. The Hall–Kier alpha value is -5.43. The third kappa shape index (κ3) is 9.43. The van der Waals surface area contributed by atoms with Crippen LogP contribution in [0.15, 0.2) is 95.9 Å². The van der Waals surface area contributed by atoms with E-state index in [9.17, 15) is 18.0 Å². The number of rotatable bonds is 17. The summed E-state index contributed by atoms with van der Waals surface area (Å²) in [5.74, 6) is 0.523. The van der Waals surface area contributed by atoms with E-state index in [0.29, 0.717) is 22.8 Å². The van der Waals surface area contributed by atoms with Gasteiger partial charge in [0.05, 0.1) is 46.1 Å². The van der Waals surface area contributed by atoms with Crippen LogP contribution in [0.1, 0.15) is 25.0 Å². The molecular formula is C38H45N3O9S. The fourth-order valence-corrected chi connectivity index (χ4v) is 6.94. The Kier molecular flexibility index (Phi) is 13.2. The zero-order valence-electron chi connectivity index (χ0n) is 29.9. The first kappa shape index (κ1) is 38.4. The van der Waals surface area contributed by atoms with Crippen molar-refractivity contribution in [1.82, 2.24) is 10.2 Å². The monoisotopic (exact) mass is 719 g/mol. The summed E-state index contributed by atoms with van der Waals surface area (Å²) < 4.78 is 57.5. The van der Waals surface area contributed by atoms with Crippen LogP contribution in [0.3, 0.4) is 0 Å². The van der Waals surface area contributed by atoms with Crippen LogP contribution >= 0.6 is 0 Å². The van der Waals surface area contributed by atoms with Crippen molar-refractivity contribution in [3.05, 3.63) is 102 Å². The quantitative estimate of drug-likeness (QED) is 0.159. The molecule has 0 saturated carbocycles. The van der Waals surface area contributed by atoms with E-state index in [1.165, 1.54) is 64.7 Å². The van der Waals surface area contributed by atoms with E-state index >= 15 is 0 Å². The highest BCUT2D eigenvalue weighted by molar-refractivity contribution is 7.92. The summed E-state index contributed by atoms with van der Waals surface area (Å²) in [6.07, 6.45) is 0.167. The lowest BCUT2D eigenvalue weighted by molar-refractivity contribution is -0.140. The molecule has 1 atom stereocenters. The largest absolute Gasteiger partial charge is 0.497 e. The van der Waals surface area contributed by atoms with Crippen LogP contribution in [-0.4, -0.2) is 79.3 Å². The molecule has 0 unspecified atom stereocenters. The molecule has 13 heteroatoms. The van der Waals surface area contributed by atoms with E-state index in [1.54, 1.807) is 30.3 Å². The predicted molar refractivity (Wildman–Crippen MR) is 194 cm³/mol. The molecule has 0 bridgehead atoms. The van der Waals surface area contributed by atoms with Gasteiger partial charge in [-0.05, 0) is 61.4 Å². The third-order valence-corrected chi connectivity index (χ3v) is 9.82. The highest BCUT2D eigenvalue weighted by atomic mass is 32.2. The van der Waals surface area contributed by atoms with Crippen molar-refractivity contribution in [3.63, 3.8) is 0 Å². The minimum absolute atomic E-state index is 0.0292. The molecule has 0 aliphatic carbocycles. The molecule has 0 aliphatic rings. The number of carbonyl (C=O) groups excluding carboxylic acids is 2. The maximum atomic E-state index is 14.9. The summed E-state index contributed by atoms with van der Waals surface area (Å²) in [5.41, 5.74) is 1.54. The van der Waals surface area contributed by atoms with Crippen LogP contribution in [0.2, 0.25) is 0 Å². The van der Waals surface area contributed by atoms with E-state index in [1.807, 2.05) is 50.2 Å². The zero-order valence-corrected chi connectivity index (χ0v) is 30.7. The fraction of sp³-hybridized carbons (Fsp3) is 0.316. The van der Waals surface area contributed by atoms with E-state index in [2.05, 4.69) is 5.32 Å². The van der Waals surface area contributed by atoms with Gasteiger partial charge in [-0.15, -0.1) is 0 Å². The topological polar surface area (TPSA) is 133 Å². The number of ether oxygens (including phenoxy) is 5. The molecule has 272 valence electrons. The molecule has 12 nitrogen and oxygen atoms in total. The van der Waals surface area contributed by atoms with Crippen LogP contribution < -0.4 is 33.3 Å². The van der Waals surface area contributed by atoms with Gasteiger partial charge < -0.3 is 33.9 Å². The van der Waals surface area contributed by atoms with Crippen LogP contribution in [0.5, 0.6) is 28.7 Å². The molecule has 0 fully saturated rings. The summed E-state index contributed by atoms with van der Waals surface area (Å²) in [6.45, 7) is 2.93. The van der Waals surface area contributed by atoms with E-state index in [4.69, 9.17) is 23.7 Å². The first-order valence-corrected chi connectivity index (χ1v) is 17.6. The summed E-state index contributed by atoms with van der Waals surface area (Å²) in [7, 11) is 2.71. The Bertz CT molecular complexity index is 1900. The highest BCUT2D eigenvalue weighted by Gasteiger charge is 2.36. The highest BCUT2D eigenvalue weighted by Crippen LogP contribution is 2.38. The average molecular weight is 720 g/mol. The van der Waals surface area contributed by atoms with Crippen LogP contribution in [0, 0.1) is 0 Å². The second kappa shape index (κ2) is 17.5. The molecule has 4 aromatic carbocycles. The number of anilines is 1. The number of sulfonamides is 1. The van der Waals surface area contributed by atoms with Crippen LogP contribution in [0.4, 0.5) is 5.69 Å².